The van der Waals surface area contributed by atoms with E-state index in [1.807, 2.05) is 13.8 Å². The van der Waals surface area contributed by atoms with Gasteiger partial charge in [0.1, 0.15) is 5.82 Å². The van der Waals surface area contributed by atoms with Crippen molar-refractivity contribution in [1.29, 1.82) is 0 Å². The molecule has 0 bridgehead atoms. The van der Waals surface area contributed by atoms with E-state index in [4.69, 9.17) is 0 Å². The second kappa shape index (κ2) is 7.35. The van der Waals surface area contributed by atoms with Crippen LogP contribution in [0.4, 0.5) is 9.18 Å². The first kappa shape index (κ1) is 14.9. The molecule has 0 aromatic heterocycles. The molecule has 3 amide bonds. The Kier molecular flexibility index (Phi) is 5.78. The molecule has 1 aromatic rings. The lowest BCUT2D eigenvalue weighted by Gasteiger charge is -2.10. The summed E-state index contributed by atoms with van der Waals surface area (Å²) < 4.78 is 12.7. The Balaban J connectivity index is 2.24. The van der Waals surface area contributed by atoms with Gasteiger partial charge in [0.05, 0.1) is 0 Å². The molecule has 104 valence electrons. The molecule has 0 unspecified atom stereocenters. The number of carbonyl (C=O) groups is 2. The number of halogens is 1. The van der Waals surface area contributed by atoms with Gasteiger partial charge >= 0.3 is 6.03 Å². The summed E-state index contributed by atoms with van der Waals surface area (Å²) in [4.78, 5) is 22.8. The lowest BCUT2D eigenvalue weighted by atomic mass is 10.2. The molecular weight excluding hydrogens is 249 g/mol. The molecule has 6 heteroatoms. The molecule has 0 atom stereocenters. The van der Waals surface area contributed by atoms with Gasteiger partial charge in [0.25, 0.3) is 5.91 Å². The van der Waals surface area contributed by atoms with Crippen molar-refractivity contribution in [2.45, 2.75) is 19.9 Å². The second-order valence-corrected chi connectivity index (χ2v) is 4.32. The van der Waals surface area contributed by atoms with Crippen molar-refractivity contribution in [1.82, 2.24) is 16.0 Å². The van der Waals surface area contributed by atoms with Gasteiger partial charge in [-0.05, 0) is 38.1 Å². The molecule has 1 aromatic carbocycles. The Morgan fingerprint density at radius 2 is 1.68 bits per heavy atom. The number of hydrogen-bond donors (Lipinski definition) is 3. The minimum Gasteiger partial charge on any atom is -0.350 e. The summed E-state index contributed by atoms with van der Waals surface area (Å²) in [5.41, 5.74) is 0.382. The summed E-state index contributed by atoms with van der Waals surface area (Å²) in [6.45, 7) is 4.35. The van der Waals surface area contributed by atoms with Crippen molar-refractivity contribution < 1.29 is 14.0 Å². The van der Waals surface area contributed by atoms with Crippen LogP contribution in [0.15, 0.2) is 24.3 Å². The van der Waals surface area contributed by atoms with Crippen molar-refractivity contribution in [3.05, 3.63) is 35.6 Å². The van der Waals surface area contributed by atoms with Gasteiger partial charge in [0.15, 0.2) is 0 Å². The fourth-order valence-electron chi connectivity index (χ4n) is 1.37. The van der Waals surface area contributed by atoms with Gasteiger partial charge in [-0.1, -0.05) is 0 Å². The topological polar surface area (TPSA) is 70.2 Å². The van der Waals surface area contributed by atoms with Crippen molar-refractivity contribution >= 4 is 11.9 Å². The van der Waals surface area contributed by atoms with Crippen LogP contribution in [-0.2, 0) is 0 Å². The zero-order chi connectivity index (χ0) is 14.3. The fourth-order valence-corrected chi connectivity index (χ4v) is 1.37. The van der Waals surface area contributed by atoms with E-state index in [-0.39, 0.29) is 23.8 Å². The fraction of sp³-hybridized carbons (Fsp3) is 0.385. The quantitative estimate of drug-likeness (QED) is 0.703. The Labute approximate surface area is 111 Å². The van der Waals surface area contributed by atoms with Crippen LogP contribution >= 0.6 is 0 Å². The van der Waals surface area contributed by atoms with Gasteiger partial charge in [-0.3, -0.25) is 4.79 Å². The highest BCUT2D eigenvalue weighted by molar-refractivity contribution is 5.94. The van der Waals surface area contributed by atoms with Crippen LogP contribution in [0.1, 0.15) is 24.2 Å². The van der Waals surface area contributed by atoms with Crippen LogP contribution in [0.2, 0.25) is 0 Å². The largest absolute Gasteiger partial charge is 0.350 e. The summed E-state index contributed by atoms with van der Waals surface area (Å²) in [6, 6.07) is 5.06. The molecule has 0 heterocycles. The third-order valence-corrected chi connectivity index (χ3v) is 2.22. The molecule has 0 radical (unpaired) electrons. The lowest BCUT2D eigenvalue weighted by Crippen LogP contribution is -2.42. The predicted octanol–water partition coefficient (Wildman–Crippen LogP) is 1.26. The molecule has 0 saturated heterocycles. The maximum Gasteiger partial charge on any atom is 0.315 e. The molecular formula is C13H18FN3O2. The Hall–Kier alpha value is -2.11. The van der Waals surface area contributed by atoms with Crippen LogP contribution in [0.3, 0.4) is 0 Å². The molecule has 1 rings (SSSR count). The van der Waals surface area contributed by atoms with E-state index < -0.39 is 0 Å². The normalized spacial score (nSPS) is 10.1. The molecule has 0 fully saturated rings. The van der Waals surface area contributed by atoms with Crippen molar-refractivity contribution in [3.63, 3.8) is 0 Å². The maximum absolute atomic E-state index is 12.7. The summed E-state index contributed by atoms with van der Waals surface area (Å²) >= 11 is 0. The summed E-state index contributed by atoms with van der Waals surface area (Å²) in [5.74, 6) is -0.686. The standard InChI is InChI=1S/C13H18FN3O2/c1-9(2)17-13(19)16-8-7-15-12(18)10-3-5-11(14)6-4-10/h3-6,9H,7-8H2,1-2H3,(H,15,18)(H2,16,17,19). The SMILES string of the molecule is CC(C)NC(=O)NCCNC(=O)c1ccc(F)cc1. The Morgan fingerprint density at radius 3 is 2.26 bits per heavy atom. The minimum atomic E-state index is -0.386. The lowest BCUT2D eigenvalue weighted by molar-refractivity contribution is 0.0953. The molecule has 0 aliphatic carbocycles. The van der Waals surface area contributed by atoms with E-state index in [1.54, 1.807) is 0 Å². The first-order chi connectivity index (χ1) is 8.99. The number of amides is 3. The summed E-state index contributed by atoms with van der Waals surface area (Å²) in [6.07, 6.45) is 0. The van der Waals surface area contributed by atoms with E-state index in [0.29, 0.717) is 18.7 Å². The smallest absolute Gasteiger partial charge is 0.315 e. The molecule has 19 heavy (non-hydrogen) atoms. The predicted molar refractivity (Wildman–Crippen MR) is 70.4 cm³/mol. The first-order valence-corrected chi connectivity index (χ1v) is 6.07. The van der Waals surface area contributed by atoms with Gasteiger partial charge in [-0.25, -0.2) is 9.18 Å². The van der Waals surface area contributed by atoms with Crippen molar-refractivity contribution in [2.24, 2.45) is 0 Å². The number of urea groups is 1. The zero-order valence-electron chi connectivity index (χ0n) is 11.0. The van der Waals surface area contributed by atoms with E-state index in [1.165, 1.54) is 24.3 Å². The number of nitrogens with one attached hydrogen (secondary N) is 3. The van der Waals surface area contributed by atoms with Crippen LogP contribution in [-0.4, -0.2) is 31.1 Å². The minimum absolute atomic E-state index is 0.0637. The molecule has 0 spiro atoms. The van der Waals surface area contributed by atoms with Crippen molar-refractivity contribution in [3.8, 4) is 0 Å². The van der Waals surface area contributed by atoms with Crippen molar-refractivity contribution in [2.75, 3.05) is 13.1 Å². The van der Waals surface area contributed by atoms with E-state index >= 15 is 0 Å². The number of hydrogen-bond acceptors (Lipinski definition) is 2. The van der Waals surface area contributed by atoms with E-state index in [9.17, 15) is 14.0 Å². The molecule has 5 nitrogen and oxygen atoms in total. The van der Waals surface area contributed by atoms with E-state index in [0.717, 1.165) is 0 Å². The third kappa shape index (κ3) is 5.85. The summed E-state index contributed by atoms with van der Waals surface area (Å²) in [5, 5.41) is 7.89. The second-order valence-electron chi connectivity index (χ2n) is 4.32. The number of benzene rings is 1. The van der Waals surface area contributed by atoms with Crippen LogP contribution < -0.4 is 16.0 Å². The highest BCUT2D eigenvalue weighted by atomic mass is 19.1. The maximum atomic E-state index is 12.7. The Morgan fingerprint density at radius 1 is 1.11 bits per heavy atom. The third-order valence-electron chi connectivity index (χ3n) is 2.22. The monoisotopic (exact) mass is 267 g/mol. The van der Waals surface area contributed by atoms with Gasteiger partial charge in [0, 0.05) is 24.7 Å². The van der Waals surface area contributed by atoms with Gasteiger partial charge in [-0.15, -0.1) is 0 Å². The molecule has 0 aliphatic heterocycles. The highest BCUT2D eigenvalue weighted by Gasteiger charge is 2.05. The summed E-state index contributed by atoms with van der Waals surface area (Å²) in [7, 11) is 0. The Bertz CT molecular complexity index is 432. The number of carbonyl (C=O) groups excluding carboxylic acids is 2. The van der Waals surface area contributed by atoms with E-state index in [2.05, 4.69) is 16.0 Å². The highest BCUT2D eigenvalue weighted by Crippen LogP contribution is 2.01. The van der Waals surface area contributed by atoms with Gasteiger partial charge < -0.3 is 16.0 Å². The molecule has 0 aliphatic rings. The van der Waals surface area contributed by atoms with Gasteiger partial charge in [0.2, 0.25) is 0 Å². The average Bonchev–Trinajstić information content (AvgIpc) is 2.34. The molecule has 0 saturated carbocycles. The first-order valence-electron chi connectivity index (χ1n) is 6.07. The van der Waals surface area contributed by atoms with Gasteiger partial charge in [-0.2, -0.15) is 0 Å². The molecule has 3 N–H and O–H groups in total. The zero-order valence-corrected chi connectivity index (χ0v) is 11.0. The van der Waals surface area contributed by atoms with Crippen LogP contribution in [0.25, 0.3) is 0 Å². The number of rotatable bonds is 5. The average molecular weight is 267 g/mol. The van der Waals surface area contributed by atoms with Crippen LogP contribution in [0, 0.1) is 5.82 Å². The van der Waals surface area contributed by atoms with Crippen LogP contribution in [0.5, 0.6) is 0 Å².